The molecule has 26 heavy (non-hydrogen) atoms. The lowest BCUT2D eigenvalue weighted by Crippen LogP contribution is -2.32. The maximum absolute atomic E-state index is 11.9. The highest BCUT2D eigenvalue weighted by Gasteiger charge is 2.16. The molecule has 2 amide bonds. The minimum Gasteiger partial charge on any atom is -0.507 e. The molecule has 2 aromatic carbocycles. The molecule has 8 nitrogen and oxygen atoms in total. The van der Waals surface area contributed by atoms with Crippen molar-refractivity contribution in [3.05, 3.63) is 60.2 Å². The molecule has 0 fully saturated rings. The first kappa shape index (κ1) is 17.2. The van der Waals surface area contributed by atoms with Gasteiger partial charge in [-0.1, -0.05) is 53.8 Å². The number of phenols is 1. The molecule has 0 saturated heterocycles. The monoisotopic (exact) mass is 367 g/mol. The highest BCUT2D eigenvalue weighted by molar-refractivity contribution is 7.18. The van der Waals surface area contributed by atoms with E-state index in [9.17, 15) is 14.7 Å². The molecular formula is C17H13N5O3S. The molecule has 1 heterocycles. The fraction of sp³-hybridized carbons (Fsp3) is 0. The van der Waals surface area contributed by atoms with E-state index in [0.717, 1.165) is 16.9 Å². The van der Waals surface area contributed by atoms with Crippen molar-refractivity contribution in [1.29, 1.82) is 0 Å². The molecule has 0 bridgehead atoms. The molecule has 3 rings (SSSR count). The number of phenolic OH excluding ortho intramolecular Hbond substituents is 1. The van der Waals surface area contributed by atoms with E-state index in [1.165, 1.54) is 12.3 Å². The van der Waals surface area contributed by atoms with Crippen LogP contribution in [0.4, 0.5) is 5.13 Å². The zero-order valence-electron chi connectivity index (χ0n) is 13.3. The van der Waals surface area contributed by atoms with E-state index in [-0.39, 0.29) is 10.9 Å². The number of hydrazone groups is 1. The number of rotatable bonds is 4. The maximum Gasteiger partial charge on any atom is 0.329 e. The number of anilines is 1. The highest BCUT2D eigenvalue weighted by Crippen LogP contribution is 2.25. The Kier molecular flexibility index (Phi) is 5.30. The first-order valence-electron chi connectivity index (χ1n) is 7.45. The molecule has 1 aromatic heterocycles. The third-order valence-corrected chi connectivity index (χ3v) is 4.07. The summed E-state index contributed by atoms with van der Waals surface area (Å²) >= 11 is 1.15. The molecule has 0 atom stereocenters. The van der Waals surface area contributed by atoms with Gasteiger partial charge in [0.05, 0.1) is 6.21 Å². The smallest absolute Gasteiger partial charge is 0.329 e. The molecule has 0 saturated carbocycles. The van der Waals surface area contributed by atoms with Gasteiger partial charge in [-0.3, -0.25) is 14.9 Å². The van der Waals surface area contributed by atoms with E-state index in [4.69, 9.17) is 0 Å². The van der Waals surface area contributed by atoms with E-state index in [1.807, 2.05) is 30.3 Å². The lowest BCUT2D eigenvalue weighted by molar-refractivity contribution is -0.136. The second-order valence-corrected chi connectivity index (χ2v) is 5.97. The third-order valence-electron chi connectivity index (χ3n) is 3.18. The molecule has 0 spiro atoms. The summed E-state index contributed by atoms with van der Waals surface area (Å²) in [6.07, 6.45) is 1.24. The Labute approximate surface area is 152 Å². The number of nitrogens with zero attached hydrogens (tertiary/aromatic N) is 3. The lowest BCUT2D eigenvalue weighted by atomic mass is 10.2. The minimum absolute atomic E-state index is 0.0113. The first-order valence-corrected chi connectivity index (χ1v) is 8.26. The number of benzene rings is 2. The van der Waals surface area contributed by atoms with Crippen LogP contribution >= 0.6 is 11.3 Å². The van der Waals surface area contributed by atoms with Gasteiger partial charge in [-0.25, -0.2) is 5.43 Å². The van der Waals surface area contributed by atoms with Gasteiger partial charge < -0.3 is 5.11 Å². The van der Waals surface area contributed by atoms with Crippen LogP contribution in [0.1, 0.15) is 5.56 Å². The Morgan fingerprint density at radius 3 is 2.50 bits per heavy atom. The standard InChI is InChI=1S/C17H13N5O3S/c23-13-9-5-4-8-12(13)10-18-20-15(25)14(24)19-17-22-21-16(26-17)11-6-2-1-3-7-11/h1-10,23H,(H,20,25)(H,19,22,24)/b18-10-. The summed E-state index contributed by atoms with van der Waals surface area (Å²) in [5, 5.41) is 24.2. The summed E-state index contributed by atoms with van der Waals surface area (Å²) in [6.45, 7) is 0. The van der Waals surface area contributed by atoms with Crippen molar-refractivity contribution < 1.29 is 14.7 Å². The lowest BCUT2D eigenvalue weighted by Gasteiger charge is -2.00. The Balaban J connectivity index is 1.57. The summed E-state index contributed by atoms with van der Waals surface area (Å²) in [5.41, 5.74) is 3.35. The van der Waals surface area contributed by atoms with Crippen LogP contribution in [-0.4, -0.2) is 33.3 Å². The van der Waals surface area contributed by atoms with E-state index >= 15 is 0 Å². The van der Waals surface area contributed by atoms with E-state index < -0.39 is 11.8 Å². The van der Waals surface area contributed by atoms with Crippen molar-refractivity contribution >= 4 is 34.5 Å². The Morgan fingerprint density at radius 1 is 1.00 bits per heavy atom. The van der Waals surface area contributed by atoms with Crippen molar-refractivity contribution in [3.63, 3.8) is 0 Å². The summed E-state index contributed by atoms with van der Waals surface area (Å²) in [7, 11) is 0. The molecule has 0 unspecified atom stereocenters. The zero-order valence-corrected chi connectivity index (χ0v) is 14.1. The van der Waals surface area contributed by atoms with Crippen molar-refractivity contribution in [2.24, 2.45) is 5.10 Å². The summed E-state index contributed by atoms with van der Waals surface area (Å²) in [5.74, 6) is -1.87. The van der Waals surface area contributed by atoms with Gasteiger partial charge >= 0.3 is 11.8 Å². The molecule has 3 N–H and O–H groups in total. The number of aromatic nitrogens is 2. The van der Waals surface area contributed by atoms with Crippen LogP contribution in [0.5, 0.6) is 5.75 Å². The number of nitrogens with one attached hydrogen (secondary N) is 2. The van der Waals surface area contributed by atoms with Gasteiger partial charge in [-0.15, -0.1) is 10.2 Å². The highest BCUT2D eigenvalue weighted by atomic mass is 32.1. The second kappa shape index (κ2) is 7.99. The number of hydrogen-bond acceptors (Lipinski definition) is 7. The summed E-state index contributed by atoms with van der Waals surface area (Å²) < 4.78 is 0. The minimum atomic E-state index is -0.965. The van der Waals surface area contributed by atoms with Crippen LogP contribution in [-0.2, 0) is 9.59 Å². The number of aromatic hydroxyl groups is 1. The summed E-state index contributed by atoms with van der Waals surface area (Å²) in [4.78, 5) is 23.6. The number of amides is 2. The van der Waals surface area contributed by atoms with E-state index in [0.29, 0.717) is 10.6 Å². The van der Waals surface area contributed by atoms with Gasteiger partial charge in [0.2, 0.25) is 5.13 Å². The average molecular weight is 367 g/mol. The van der Waals surface area contributed by atoms with Gasteiger partial charge in [-0.05, 0) is 12.1 Å². The first-order chi connectivity index (χ1) is 12.6. The van der Waals surface area contributed by atoms with Gasteiger partial charge in [0.25, 0.3) is 0 Å². The predicted octanol–water partition coefficient (Wildman–Crippen LogP) is 2.00. The van der Waals surface area contributed by atoms with Crippen LogP contribution in [0.3, 0.4) is 0 Å². The summed E-state index contributed by atoms with van der Waals surface area (Å²) in [6, 6.07) is 15.8. The van der Waals surface area contributed by atoms with Crippen LogP contribution in [0.2, 0.25) is 0 Å². The molecule has 0 radical (unpaired) electrons. The molecule has 0 aliphatic carbocycles. The number of hydrogen-bond donors (Lipinski definition) is 3. The predicted molar refractivity (Wildman–Crippen MR) is 97.8 cm³/mol. The van der Waals surface area contributed by atoms with Crippen LogP contribution < -0.4 is 10.7 Å². The van der Waals surface area contributed by atoms with Crippen LogP contribution in [0, 0.1) is 0 Å². The molecule has 0 aliphatic rings. The normalized spacial score (nSPS) is 10.6. The Hall–Kier alpha value is -3.59. The SMILES string of the molecule is O=C(N/N=C\c1ccccc1O)C(=O)Nc1nnc(-c2ccccc2)s1. The van der Waals surface area contributed by atoms with Gasteiger partial charge in [-0.2, -0.15) is 5.10 Å². The topological polar surface area (TPSA) is 117 Å². The van der Waals surface area contributed by atoms with Crippen LogP contribution in [0.25, 0.3) is 10.6 Å². The quantitative estimate of drug-likeness (QED) is 0.370. The second-order valence-electron chi connectivity index (χ2n) is 4.99. The zero-order chi connectivity index (χ0) is 18.4. The van der Waals surface area contributed by atoms with Crippen molar-refractivity contribution in [2.45, 2.75) is 0 Å². The Morgan fingerprint density at radius 2 is 1.73 bits per heavy atom. The molecule has 130 valence electrons. The largest absolute Gasteiger partial charge is 0.507 e. The maximum atomic E-state index is 11.9. The molecule has 3 aromatic rings. The number of para-hydroxylation sites is 1. The van der Waals surface area contributed by atoms with E-state index in [1.54, 1.807) is 18.2 Å². The molecule has 0 aliphatic heterocycles. The van der Waals surface area contributed by atoms with Gasteiger partial charge in [0.1, 0.15) is 10.8 Å². The van der Waals surface area contributed by atoms with Crippen molar-refractivity contribution in [2.75, 3.05) is 5.32 Å². The Bertz CT molecular complexity index is 956. The number of carbonyl (C=O) groups is 2. The van der Waals surface area contributed by atoms with E-state index in [2.05, 4.69) is 26.0 Å². The van der Waals surface area contributed by atoms with Gasteiger partial charge in [0, 0.05) is 11.1 Å². The van der Waals surface area contributed by atoms with Crippen molar-refractivity contribution in [1.82, 2.24) is 15.6 Å². The number of carbonyl (C=O) groups excluding carboxylic acids is 2. The van der Waals surface area contributed by atoms with Gasteiger partial charge in [0.15, 0.2) is 0 Å². The fourth-order valence-corrected chi connectivity index (χ4v) is 2.68. The fourth-order valence-electron chi connectivity index (χ4n) is 1.93. The van der Waals surface area contributed by atoms with Crippen molar-refractivity contribution in [3.8, 4) is 16.3 Å². The third kappa shape index (κ3) is 4.28. The van der Waals surface area contributed by atoms with Crippen LogP contribution in [0.15, 0.2) is 59.7 Å². The molecular weight excluding hydrogens is 354 g/mol. The average Bonchev–Trinajstić information content (AvgIpc) is 3.12. The molecule has 9 heteroatoms.